The maximum absolute atomic E-state index is 13.2. The minimum absolute atomic E-state index is 0.0821. The lowest BCUT2D eigenvalue weighted by molar-refractivity contribution is 0.0992. The molecule has 7 heteroatoms. The molecule has 3 heterocycles. The predicted octanol–water partition coefficient (Wildman–Crippen LogP) is 4.34. The Hall–Kier alpha value is -4.00. The van der Waals surface area contributed by atoms with Crippen LogP contribution in [0.3, 0.4) is 0 Å². The van der Waals surface area contributed by atoms with Gasteiger partial charge in [-0.3, -0.25) is 9.89 Å². The third kappa shape index (κ3) is 3.02. The Morgan fingerprint density at radius 2 is 1.86 bits per heavy atom. The number of para-hydroxylation sites is 2. The van der Waals surface area contributed by atoms with E-state index >= 15 is 0 Å². The zero-order chi connectivity index (χ0) is 19.8. The second-order valence-corrected chi connectivity index (χ2v) is 6.80. The average molecular weight is 383 g/mol. The number of hydrogen-bond donors (Lipinski definition) is 2. The van der Waals surface area contributed by atoms with Crippen molar-refractivity contribution < 1.29 is 9.32 Å². The molecule has 0 aliphatic rings. The highest BCUT2D eigenvalue weighted by Gasteiger charge is 2.23. The Bertz CT molecular complexity index is 1280. The maximum atomic E-state index is 13.2. The minimum atomic E-state index is -0.0821. The van der Waals surface area contributed by atoms with Crippen molar-refractivity contribution in [3.05, 3.63) is 77.7 Å². The molecule has 0 radical (unpaired) electrons. The largest absolute Gasteiger partial charge is 0.360 e. The molecule has 5 rings (SSSR count). The van der Waals surface area contributed by atoms with Crippen molar-refractivity contribution in [3.63, 3.8) is 0 Å². The minimum Gasteiger partial charge on any atom is -0.360 e. The van der Waals surface area contributed by atoms with Gasteiger partial charge in [-0.2, -0.15) is 5.10 Å². The zero-order valence-corrected chi connectivity index (χ0v) is 15.6. The molecule has 3 aromatic heterocycles. The SMILES string of the molecule is Cc1onc(-c2ccccc2)c1C(=O)Cc1cn[nH]c1-c1nc2ccccc2[nH]1. The fourth-order valence-electron chi connectivity index (χ4n) is 3.48. The highest BCUT2D eigenvalue weighted by molar-refractivity contribution is 6.03. The smallest absolute Gasteiger partial charge is 0.173 e. The highest BCUT2D eigenvalue weighted by atomic mass is 16.5. The monoisotopic (exact) mass is 383 g/mol. The molecule has 142 valence electrons. The summed E-state index contributed by atoms with van der Waals surface area (Å²) in [4.78, 5) is 21.0. The molecule has 2 aromatic carbocycles. The maximum Gasteiger partial charge on any atom is 0.173 e. The van der Waals surface area contributed by atoms with Gasteiger partial charge in [0.15, 0.2) is 11.6 Å². The Morgan fingerprint density at radius 3 is 2.69 bits per heavy atom. The summed E-state index contributed by atoms with van der Waals surface area (Å²) in [7, 11) is 0. The fraction of sp³-hybridized carbons (Fsp3) is 0.0909. The van der Waals surface area contributed by atoms with Gasteiger partial charge < -0.3 is 9.51 Å². The molecule has 7 nitrogen and oxygen atoms in total. The summed E-state index contributed by atoms with van der Waals surface area (Å²) in [6.07, 6.45) is 1.82. The first-order valence-corrected chi connectivity index (χ1v) is 9.23. The number of nitrogens with one attached hydrogen (secondary N) is 2. The number of carbonyl (C=O) groups is 1. The molecule has 0 saturated heterocycles. The topological polar surface area (TPSA) is 100 Å². The van der Waals surface area contributed by atoms with E-state index in [9.17, 15) is 4.79 Å². The summed E-state index contributed by atoms with van der Waals surface area (Å²) < 4.78 is 5.33. The van der Waals surface area contributed by atoms with E-state index < -0.39 is 0 Å². The standard InChI is InChI=1S/C22H17N5O2/c1-13-19(20(27-29-13)14-7-3-2-4-8-14)18(28)11-15-12-23-26-21(15)22-24-16-9-5-6-10-17(16)25-22/h2-10,12H,11H2,1H3,(H,23,26)(H,24,25). The van der Waals surface area contributed by atoms with Crippen LogP contribution in [0.25, 0.3) is 33.8 Å². The van der Waals surface area contributed by atoms with Crippen LogP contribution in [0.4, 0.5) is 0 Å². The second-order valence-electron chi connectivity index (χ2n) is 6.80. The first-order valence-electron chi connectivity index (χ1n) is 9.23. The van der Waals surface area contributed by atoms with Gasteiger partial charge in [0.05, 0.1) is 22.8 Å². The van der Waals surface area contributed by atoms with Gasteiger partial charge >= 0.3 is 0 Å². The van der Waals surface area contributed by atoms with Crippen molar-refractivity contribution in [2.75, 3.05) is 0 Å². The van der Waals surface area contributed by atoms with E-state index in [-0.39, 0.29) is 12.2 Å². The molecule has 0 saturated carbocycles. The summed E-state index contributed by atoms with van der Waals surface area (Å²) in [6.45, 7) is 1.75. The molecule has 0 spiro atoms. The van der Waals surface area contributed by atoms with Crippen LogP contribution < -0.4 is 0 Å². The van der Waals surface area contributed by atoms with Crippen LogP contribution >= 0.6 is 0 Å². The number of aromatic nitrogens is 5. The molecule has 0 bridgehead atoms. The summed E-state index contributed by atoms with van der Waals surface area (Å²) in [5.41, 5.74) is 5.14. The Labute approximate surface area is 165 Å². The number of aryl methyl sites for hydroxylation is 1. The van der Waals surface area contributed by atoms with Crippen molar-refractivity contribution in [3.8, 4) is 22.8 Å². The van der Waals surface area contributed by atoms with Crippen LogP contribution in [0, 0.1) is 6.92 Å². The summed E-state index contributed by atoms with van der Waals surface area (Å²) >= 11 is 0. The van der Waals surface area contributed by atoms with Gasteiger partial charge in [0.2, 0.25) is 0 Å². The van der Waals surface area contributed by atoms with Crippen molar-refractivity contribution in [1.29, 1.82) is 0 Å². The number of nitrogens with zero attached hydrogens (tertiary/aromatic N) is 3. The summed E-state index contributed by atoms with van der Waals surface area (Å²) in [5, 5.41) is 11.2. The van der Waals surface area contributed by atoms with Crippen LogP contribution in [0.1, 0.15) is 21.7 Å². The van der Waals surface area contributed by atoms with E-state index in [1.807, 2.05) is 54.6 Å². The quantitative estimate of drug-likeness (QED) is 0.440. The van der Waals surface area contributed by atoms with Gasteiger partial charge in [0, 0.05) is 17.5 Å². The van der Waals surface area contributed by atoms with E-state index in [0.29, 0.717) is 28.5 Å². The summed E-state index contributed by atoms with van der Waals surface area (Å²) in [5.74, 6) is 1.07. The number of benzene rings is 2. The summed E-state index contributed by atoms with van der Waals surface area (Å²) in [6, 6.07) is 17.3. The molecule has 5 aromatic rings. The lowest BCUT2D eigenvalue weighted by Crippen LogP contribution is -2.06. The number of hydrogen-bond acceptors (Lipinski definition) is 5. The zero-order valence-electron chi connectivity index (χ0n) is 15.6. The lowest BCUT2D eigenvalue weighted by Gasteiger charge is -2.03. The lowest BCUT2D eigenvalue weighted by atomic mass is 9.98. The van der Waals surface area contributed by atoms with Crippen LogP contribution in [0.2, 0.25) is 0 Å². The average Bonchev–Trinajstić information content (AvgIpc) is 3.46. The molecule has 0 atom stereocenters. The van der Waals surface area contributed by atoms with Crippen LogP contribution in [-0.4, -0.2) is 31.1 Å². The third-order valence-electron chi connectivity index (χ3n) is 4.88. The normalized spacial score (nSPS) is 11.2. The van der Waals surface area contributed by atoms with Crippen LogP contribution in [0.5, 0.6) is 0 Å². The molecule has 0 aliphatic carbocycles. The Kier molecular flexibility index (Phi) is 4.05. The van der Waals surface area contributed by atoms with Gasteiger partial charge in [-0.25, -0.2) is 4.98 Å². The van der Waals surface area contributed by atoms with Gasteiger partial charge in [0.1, 0.15) is 17.1 Å². The number of rotatable bonds is 5. The van der Waals surface area contributed by atoms with Gasteiger partial charge in [-0.1, -0.05) is 47.6 Å². The Balaban J connectivity index is 1.49. The van der Waals surface area contributed by atoms with Gasteiger partial charge in [-0.05, 0) is 19.1 Å². The Morgan fingerprint density at radius 1 is 1.07 bits per heavy atom. The van der Waals surface area contributed by atoms with E-state index in [4.69, 9.17) is 4.52 Å². The molecular formula is C22H17N5O2. The van der Waals surface area contributed by atoms with Crippen molar-refractivity contribution in [2.45, 2.75) is 13.3 Å². The fourth-order valence-corrected chi connectivity index (χ4v) is 3.48. The van der Waals surface area contributed by atoms with Crippen molar-refractivity contribution in [2.24, 2.45) is 0 Å². The predicted molar refractivity (Wildman–Crippen MR) is 108 cm³/mol. The number of imidazole rings is 1. The molecule has 0 amide bonds. The molecular weight excluding hydrogens is 366 g/mol. The van der Waals surface area contributed by atoms with E-state index in [1.54, 1.807) is 13.1 Å². The first kappa shape index (κ1) is 17.1. The van der Waals surface area contributed by atoms with Gasteiger partial charge in [0.25, 0.3) is 0 Å². The van der Waals surface area contributed by atoms with Crippen LogP contribution in [-0.2, 0) is 6.42 Å². The first-order chi connectivity index (χ1) is 14.2. The van der Waals surface area contributed by atoms with E-state index in [2.05, 4.69) is 25.3 Å². The molecule has 0 aliphatic heterocycles. The van der Waals surface area contributed by atoms with Gasteiger partial charge in [-0.15, -0.1) is 0 Å². The highest BCUT2D eigenvalue weighted by Crippen LogP contribution is 2.28. The molecule has 29 heavy (non-hydrogen) atoms. The number of carbonyl (C=O) groups excluding carboxylic acids is 1. The number of aromatic amines is 2. The number of fused-ring (bicyclic) bond motifs is 1. The number of Topliss-reactive ketones (excluding diaryl/α,β-unsaturated/α-hetero) is 1. The third-order valence-corrected chi connectivity index (χ3v) is 4.88. The molecule has 0 unspecified atom stereocenters. The number of H-pyrrole nitrogens is 2. The number of ketones is 1. The molecule has 0 fully saturated rings. The van der Waals surface area contributed by atoms with Crippen molar-refractivity contribution >= 4 is 16.8 Å². The second kappa shape index (κ2) is 6.87. The van der Waals surface area contributed by atoms with E-state index in [0.717, 1.165) is 22.2 Å². The van der Waals surface area contributed by atoms with Crippen LogP contribution in [0.15, 0.2) is 65.3 Å². The molecule has 2 N–H and O–H groups in total. The van der Waals surface area contributed by atoms with E-state index in [1.165, 1.54) is 0 Å². The van der Waals surface area contributed by atoms with Crippen molar-refractivity contribution in [1.82, 2.24) is 25.3 Å².